The molecule has 2 fully saturated rings. The van der Waals surface area contributed by atoms with E-state index in [1.807, 2.05) is 65.6 Å². The Bertz CT molecular complexity index is 1210. The van der Waals surface area contributed by atoms with Crippen LogP contribution < -0.4 is 20.5 Å². The van der Waals surface area contributed by atoms with E-state index < -0.39 is 6.04 Å². The summed E-state index contributed by atoms with van der Waals surface area (Å²) in [6.45, 7) is 2.09. The van der Waals surface area contributed by atoms with Crippen molar-refractivity contribution in [2.24, 2.45) is 5.92 Å². The van der Waals surface area contributed by atoms with Crippen molar-refractivity contribution in [3.8, 4) is 5.75 Å². The van der Waals surface area contributed by atoms with Gasteiger partial charge in [0.25, 0.3) is 0 Å². The number of hydrogen-bond donors (Lipinski definition) is 2. The first-order valence-electron chi connectivity index (χ1n) is 11.5. The molecule has 2 saturated heterocycles. The van der Waals surface area contributed by atoms with Gasteiger partial charge in [0.15, 0.2) is 0 Å². The maximum atomic E-state index is 13.7. The minimum atomic E-state index is -0.402. The predicted molar refractivity (Wildman–Crippen MR) is 136 cm³/mol. The summed E-state index contributed by atoms with van der Waals surface area (Å²) >= 11 is 3.52. The van der Waals surface area contributed by atoms with E-state index in [0.29, 0.717) is 12.2 Å². The summed E-state index contributed by atoms with van der Waals surface area (Å²) in [5.74, 6) is 0.321. The van der Waals surface area contributed by atoms with Crippen LogP contribution in [0.1, 0.15) is 40.5 Å². The average Bonchev–Trinajstić information content (AvgIpc) is 3.44. The highest BCUT2D eigenvalue weighted by molar-refractivity contribution is 9.10. The van der Waals surface area contributed by atoms with E-state index >= 15 is 0 Å². The number of carbonyl (C=O) groups is 2. The van der Waals surface area contributed by atoms with E-state index in [9.17, 15) is 9.59 Å². The summed E-state index contributed by atoms with van der Waals surface area (Å²) < 4.78 is 11.4. The molecule has 7 nitrogen and oxygen atoms in total. The molecular formula is C27H26BrN3O4. The fourth-order valence-electron chi connectivity index (χ4n) is 5.02. The molecule has 2 N–H and O–H groups in total. The first-order valence-corrected chi connectivity index (χ1v) is 12.3. The van der Waals surface area contributed by atoms with Crippen molar-refractivity contribution in [1.29, 1.82) is 0 Å². The molecule has 0 aromatic heterocycles. The van der Waals surface area contributed by atoms with Gasteiger partial charge in [-0.3, -0.25) is 4.79 Å². The van der Waals surface area contributed by atoms with Crippen molar-refractivity contribution in [2.75, 3.05) is 18.6 Å². The monoisotopic (exact) mass is 535 g/mol. The maximum absolute atomic E-state index is 13.7. The van der Waals surface area contributed by atoms with Crippen LogP contribution in [-0.4, -0.2) is 31.6 Å². The van der Waals surface area contributed by atoms with Crippen molar-refractivity contribution in [3.63, 3.8) is 0 Å². The third-order valence-electron chi connectivity index (χ3n) is 6.65. The number of esters is 1. The number of ether oxygens (including phenoxy) is 2. The van der Waals surface area contributed by atoms with Crippen LogP contribution in [0.3, 0.4) is 0 Å². The second kappa shape index (κ2) is 9.81. The van der Waals surface area contributed by atoms with Crippen LogP contribution in [0.4, 0.5) is 5.69 Å². The van der Waals surface area contributed by atoms with Gasteiger partial charge in [0, 0.05) is 16.1 Å². The highest BCUT2D eigenvalue weighted by Gasteiger charge is 2.56. The summed E-state index contributed by atoms with van der Waals surface area (Å²) in [7, 11) is 1.64. The van der Waals surface area contributed by atoms with Gasteiger partial charge in [-0.25, -0.2) is 15.6 Å². The molecule has 3 aromatic rings. The van der Waals surface area contributed by atoms with E-state index in [-0.39, 0.29) is 29.9 Å². The number of anilines is 1. The Balaban J connectivity index is 1.55. The highest BCUT2D eigenvalue weighted by Crippen LogP contribution is 2.49. The van der Waals surface area contributed by atoms with Gasteiger partial charge < -0.3 is 14.4 Å². The molecule has 2 heterocycles. The molecule has 1 amide bonds. The first kappa shape index (κ1) is 23.5. The number of carbonyl (C=O) groups excluding carboxylic acids is 2. The van der Waals surface area contributed by atoms with Gasteiger partial charge in [0.2, 0.25) is 5.91 Å². The Morgan fingerprint density at radius 3 is 2.17 bits per heavy atom. The Morgan fingerprint density at radius 1 is 0.914 bits per heavy atom. The molecule has 0 aliphatic carbocycles. The fraction of sp³-hybridized carbons (Fsp3) is 0.259. The number of benzene rings is 3. The summed E-state index contributed by atoms with van der Waals surface area (Å²) in [5, 5.41) is 0. The van der Waals surface area contributed by atoms with E-state index in [1.54, 1.807) is 26.2 Å². The van der Waals surface area contributed by atoms with E-state index in [1.165, 1.54) is 0 Å². The van der Waals surface area contributed by atoms with Crippen molar-refractivity contribution in [2.45, 2.75) is 25.0 Å². The molecule has 2 aliphatic heterocycles. The standard InChI is InChI=1S/C27H26BrN3O4/c1-3-35-27(33)18-6-12-20(13-7-18)31-25(17-4-10-19(28)11-5-17)22-23(29-30-24(22)26(31)32)16-8-14-21(34-2)15-9-16/h4-15,22-25,29-30H,3H2,1-2H3. The zero-order valence-electron chi connectivity index (χ0n) is 19.4. The van der Waals surface area contributed by atoms with Gasteiger partial charge >= 0.3 is 5.97 Å². The number of fused-ring (bicyclic) bond motifs is 1. The fourth-order valence-corrected chi connectivity index (χ4v) is 5.29. The molecule has 0 saturated carbocycles. The van der Waals surface area contributed by atoms with E-state index in [2.05, 4.69) is 26.8 Å². The van der Waals surface area contributed by atoms with Gasteiger partial charge in [-0.15, -0.1) is 0 Å². The number of rotatable bonds is 6. The third-order valence-corrected chi connectivity index (χ3v) is 7.18. The topological polar surface area (TPSA) is 79.9 Å². The number of hydrazine groups is 1. The zero-order valence-corrected chi connectivity index (χ0v) is 21.0. The van der Waals surface area contributed by atoms with Crippen molar-refractivity contribution >= 4 is 33.5 Å². The Labute approximate surface area is 212 Å². The van der Waals surface area contributed by atoms with Crippen LogP contribution in [-0.2, 0) is 9.53 Å². The number of amides is 1. The molecule has 2 aliphatic rings. The summed E-state index contributed by atoms with van der Waals surface area (Å²) in [6, 6.07) is 22.3. The number of hydrogen-bond acceptors (Lipinski definition) is 6. The first-order chi connectivity index (χ1) is 17.0. The van der Waals surface area contributed by atoms with Crippen LogP contribution in [0.15, 0.2) is 77.3 Å². The predicted octanol–water partition coefficient (Wildman–Crippen LogP) is 4.56. The van der Waals surface area contributed by atoms with Crippen molar-refractivity contribution < 1.29 is 19.1 Å². The molecule has 0 radical (unpaired) electrons. The SMILES string of the molecule is CCOC(=O)c1ccc(N2C(=O)C3NNC(c4ccc(OC)cc4)C3C2c2ccc(Br)cc2)cc1. The lowest BCUT2D eigenvalue weighted by Crippen LogP contribution is -2.41. The number of nitrogens with zero attached hydrogens (tertiary/aromatic N) is 1. The summed E-state index contributed by atoms with van der Waals surface area (Å²) in [5.41, 5.74) is 9.90. The highest BCUT2D eigenvalue weighted by atomic mass is 79.9. The van der Waals surface area contributed by atoms with Gasteiger partial charge in [-0.05, 0) is 66.6 Å². The second-order valence-corrected chi connectivity index (χ2v) is 9.48. The van der Waals surface area contributed by atoms with Crippen molar-refractivity contribution in [3.05, 3.63) is 94.0 Å². The minimum absolute atomic E-state index is 0.0182. The number of halogens is 1. The van der Waals surface area contributed by atoms with Gasteiger partial charge in [-0.2, -0.15) is 0 Å². The zero-order chi connectivity index (χ0) is 24.5. The van der Waals surface area contributed by atoms with E-state index in [0.717, 1.165) is 27.0 Å². The van der Waals surface area contributed by atoms with E-state index in [4.69, 9.17) is 9.47 Å². The molecule has 5 rings (SSSR count). The van der Waals surface area contributed by atoms with Crippen LogP contribution in [0.25, 0.3) is 0 Å². The molecular weight excluding hydrogens is 510 g/mol. The molecule has 8 heteroatoms. The number of methoxy groups -OCH3 is 1. The number of nitrogens with one attached hydrogen (secondary N) is 2. The van der Waals surface area contributed by atoms with Crippen LogP contribution in [0.2, 0.25) is 0 Å². The Kier molecular flexibility index (Phi) is 6.60. The van der Waals surface area contributed by atoms with Gasteiger partial charge in [-0.1, -0.05) is 40.2 Å². The largest absolute Gasteiger partial charge is 0.497 e. The minimum Gasteiger partial charge on any atom is -0.497 e. The lowest BCUT2D eigenvalue weighted by atomic mass is 9.83. The maximum Gasteiger partial charge on any atom is 0.338 e. The summed E-state index contributed by atoms with van der Waals surface area (Å²) in [4.78, 5) is 27.7. The molecule has 4 atom stereocenters. The average molecular weight is 536 g/mol. The smallest absolute Gasteiger partial charge is 0.338 e. The lowest BCUT2D eigenvalue weighted by molar-refractivity contribution is -0.119. The third kappa shape index (κ3) is 4.33. The molecule has 3 aromatic carbocycles. The lowest BCUT2D eigenvalue weighted by Gasteiger charge is -2.31. The van der Waals surface area contributed by atoms with Gasteiger partial charge in [0.05, 0.1) is 31.4 Å². The normalized spacial score (nSPS) is 23.3. The van der Waals surface area contributed by atoms with Crippen LogP contribution >= 0.6 is 15.9 Å². The Morgan fingerprint density at radius 2 is 1.54 bits per heavy atom. The molecule has 35 heavy (non-hydrogen) atoms. The quantitative estimate of drug-likeness (QED) is 0.450. The Hall–Kier alpha value is -3.20. The van der Waals surface area contributed by atoms with Crippen LogP contribution in [0, 0.1) is 5.92 Å². The molecule has 180 valence electrons. The van der Waals surface area contributed by atoms with Gasteiger partial charge in [0.1, 0.15) is 11.8 Å². The second-order valence-electron chi connectivity index (χ2n) is 8.57. The van der Waals surface area contributed by atoms with Crippen LogP contribution in [0.5, 0.6) is 5.75 Å². The van der Waals surface area contributed by atoms with Crippen molar-refractivity contribution in [1.82, 2.24) is 10.9 Å². The summed E-state index contributed by atoms with van der Waals surface area (Å²) in [6.07, 6.45) is 0. The molecule has 4 unspecified atom stereocenters. The molecule has 0 bridgehead atoms. The molecule has 0 spiro atoms.